The third-order valence-corrected chi connectivity index (χ3v) is 6.22. The molecule has 1 saturated heterocycles. The lowest BCUT2D eigenvalue weighted by atomic mass is 10.1. The van der Waals surface area contributed by atoms with Crippen LogP contribution in [0.25, 0.3) is 11.3 Å². The Labute approximate surface area is 203 Å². The molecule has 9 heteroatoms. The highest BCUT2D eigenvalue weighted by molar-refractivity contribution is 6.00. The average Bonchev–Trinajstić information content (AvgIpc) is 3.50. The van der Waals surface area contributed by atoms with Crippen LogP contribution in [0.3, 0.4) is 0 Å². The first kappa shape index (κ1) is 24.3. The van der Waals surface area contributed by atoms with E-state index in [1.807, 2.05) is 12.1 Å². The molecule has 2 heterocycles. The van der Waals surface area contributed by atoms with Gasteiger partial charge in [-0.3, -0.25) is 14.7 Å². The van der Waals surface area contributed by atoms with E-state index in [0.717, 1.165) is 12.1 Å². The first-order valence-electron chi connectivity index (χ1n) is 11.5. The van der Waals surface area contributed by atoms with Crippen molar-refractivity contribution in [1.29, 1.82) is 0 Å². The lowest BCUT2D eigenvalue weighted by Gasteiger charge is -2.22. The van der Waals surface area contributed by atoms with E-state index in [4.69, 9.17) is 9.47 Å². The van der Waals surface area contributed by atoms with Crippen LogP contribution >= 0.6 is 0 Å². The highest BCUT2D eigenvalue weighted by Crippen LogP contribution is 2.34. The number of nitrogens with zero attached hydrogens (tertiary/aromatic N) is 3. The van der Waals surface area contributed by atoms with Crippen LogP contribution in [-0.4, -0.2) is 61.3 Å². The zero-order valence-electron chi connectivity index (χ0n) is 20.1. The van der Waals surface area contributed by atoms with E-state index in [-0.39, 0.29) is 24.1 Å². The molecule has 1 fully saturated rings. The Kier molecular flexibility index (Phi) is 7.33. The molecule has 35 heavy (non-hydrogen) atoms. The maximum atomic E-state index is 13.5. The molecule has 0 spiro atoms. The number of hydrogen-bond acceptors (Lipinski definition) is 5. The molecule has 184 valence electrons. The average molecular weight is 481 g/mol. The van der Waals surface area contributed by atoms with Gasteiger partial charge in [0, 0.05) is 49.6 Å². The molecule has 2 aromatic carbocycles. The largest absolute Gasteiger partial charge is 0.493 e. The summed E-state index contributed by atoms with van der Waals surface area (Å²) in [4.78, 5) is 29.0. The minimum atomic E-state index is -0.396. The predicted molar refractivity (Wildman–Crippen MR) is 130 cm³/mol. The van der Waals surface area contributed by atoms with Crippen molar-refractivity contribution in [3.63, 3.8) is 0 Å². The Morgan fingerprint density at radius 2 is 1.97 bits per heavy atom. The van der Waals surface area contributed by atoms with Crippen LogP contribution in [0.4, 0.5) is 10.1 Å². The Morgan fingerprint density at radius 3 is 2.71 bits per heavy atom. The smallest absolute Gasteiger partial charge is 0.227 e. The number of rotatable bonds is 9. The second kappa shape index (κ2) is 10.6. The van der Waals surface area contributed by atoms with Gasteiger partial charge in [-0.2, -0.15) is 5.10 Å². The van der Waals surface area contributed by atoms with Crippen molar-refractivity contribution in [2.75, 3.05) is 39.3 Å². The van der Waals surface area contributed by atoms with Crippen LogP contribution in [0.5, 0.6) is 11.5 Å². The number of methoxy groups -OCH3 is 2. The molecular weight excluding hydrogens is 451 g/mol. The fourth-order valence-corrected chi connectivity index (χ4v) is 4.33. The minimum Gasteiger partial charge on any atom is -0.493 e. The molecule has 0 radical (unpaired) electrons. The number of aromatic nitrogens is 2. The second-order valence-corrected chi connectivity index (χ2v) is 8.60. The summed E-state index contributed by atoms with van der Waals surface area (Å²) < 4.78 is 24.0. The van der Waals surface area contributed by atoms with E-state index in [0.29, 0.717) is 48.0 Å². The van der Waals surface area contributed by atoms with E-state index in [2.05, 4.69) is 10.2 Å². The number of carbonyl (C=O) groups excluding carboxylic acids is 2. The number of amides is 2. The summed E-state index contributed by atoms with van der Waals surface area (Å²) >= 11 is 0. The van der Waals surface area contributed by atoms with Crippen molar-refractivity contribution >= 4 is 17.5 Å². The maximum Gasteiger partial charge on any atom is 0.227 e. The minimum absolute atomic E-state index is 0.0496. The molecule has 1 N–H and O–H groups in total. The topological polar surface area (TPSA) is 87.8 Å². The summed E-state index contributed by atoms with van der Waals surface area (Å²) in [7, 11) is 4.86. The van der Waals surface area contributed by atoms with Crippen LogP contribution in [0.15, 0.2) is 48.5 Å². The van der Waals surface area contributed by atoms with Crippen molar-refractivity contribution in [2.24, 2.45) is 5.92 Å². The molecule has 0 bridgehead atoms. The van der Waals surface area contributed by atoms with E-state index in [1.54, 1.807) is 55.3 Å². The highest BCUT2D eigenvalue weighted by Gasteiger charge is 2.36. The van der Waals surface area contributed by atoms with Crippen molar-refractivity contribution in [1.82, 2.24) is 15.1 Å². The van der Waals surface area contributed by atoms with Crippen LogP contribution in [0, 0.1) is 11.7 Å². The van der Waals surface area contributed by atoms with Gasteiger partial charge in [-0.25, -0.2) is 4.39 Å². The van der Waals surface area contributed by atoms with E-state index in [1.165, 1.54) is 12.1 Å². The van der Waals surface area contributed by atoms with Gasteiger partial charge in [-0.05, 0) is 43.2 Å². The molecule has 1 aliphatic heterocycles. The zero-order chi connectivity index (χ0) is 24.9. The summed E-state index contributed by atoms with van der Waals surface area (Å²) in [5, 5.41) is 7.24. The number of aromatic amines is 1. The van der Waals surface area contributed by atoms with Crippen LogP contribution < -0.4 is 14.4 Å². The predicted octanol–water partition coefficient (Wildman–Crippen LogP) is 3.68. The van der Waals surface area contributed by atoms with E-state index < -0.39 is 5.92 Å². The van der Waals surface area contributed by atoms with Gasteiger partial charge in [0.25, 0.3) is 0 Å². The summed E-state index contributed by atoms with van der Waals surface area (Å²) in [5.74, 6) is 0.270. The summed E-state index contributed by atoms with van der Waals surface area (Å²) in [6.07, 6.45) is 1.60. The van der Waals surface area contributed by atoms with Crippen molar-refractivity contribution in [3.05, 3.63) is 60.0 Å². The molecule has 4 rings (SSSR count). The van der Waals surface area contributed by atoms with E-state index >= 15 is 0 Å². The zero-order valence-corrected chi connectivity index (χ0v) is 20.1. The fourth-order valence-electron chi connectivity index (χ4n) is 4.33. The van der Waals surface area contributed by atoms with Crippen molar-refractivity contribution in [3.8, 4) is 22.8 Å². The van der Waals surface area contributed by atoms with Gasteiger partial charge < -0.3 is 19.3 Å². The van der Waals surface area contributed by atoms with Crippen molar-refractivity contribution in [2.45, 2.75) is 19.3 Å². The van der Waals surface area contributed by atoms with Gasteiger partial charge in [-0.15, -0.1) is 0 Å². The van der Waals surface area contributed by atoms with Gasteiger partial charge in [-0.1, -0.05) is 12.1 Å². The summed E-state index contributed by atoms with van der Waals surface area (Å²) in [5.41, 5.74) is 2.99. The molecule has 8 nitrogen and oxygen atoms in total. The Morgan fingerprint density at radius 1 is 1.17 bits per heavy atom. The number of carbonyl (C=O) groups is 2. The van der Waals surface area contributed by atoms with E-state index in [9.17, 15) is 14.0 Å². The monoisotopic (exact) mass is 480 g/mol. The van der Waals surface area contributed by atoms with Crippen LogP contribution in [0.1, 0.15) is 18.5 Å². The normalized spacial score (nSPS) is 15.4. The Balaban J connectivity index is 1.30. The quantitative estimate of drug-likeness (QED) is 0.505. The number of aryl methyl sites for hydroxylation is 1. The first-order valence-corrected chi connectivity index (χ1v) is 11.5. The number of ether oxygens (including phenoxy) is 2. The first-order chi connectivity index (χ1) is 16.9. The third-order valence-electron chi connectivity index (χ3n) is 6.22. The lowest BCUT2D eigenvalue weighted by Crippen LogP contribution is -2.35. The number of H-pyrrole nitrogens is 1. The van der Waals surface area contributed by atoms with Crippen molar-refractivity contribution < 1.29 is 23.5 Å². The maximum absolute atomic E-state index is 13.5. The molecule has 1 aliphatic rings. The number of benzene rings is 2. The molecule has 0 aliphatic carbocycles. The Bertz CT molecular complexity index is 1210. The summed E-state index contributed by atoms with van der Waals surface area (Å²) in [6, 6.07) is 13.5. The fraction of sp³-hybridized carbons (Fsp3) is 0.346. The number of halogens is 1. The van der Waals surface area contributed by atoms with Gasteiger partial charge >= 0.3 is 0 Å². The number of anilines is 1. The number of nitrogens with one attached hydrogen (secondary N) is 1. The number of hydrogen-bond donors (Lipinski definition) is 1. The molecular formula is C26H29FN4O4. The molecule has 1 unspecified atom stereocenters. The SMILES string of the molecule is COc1ccc(N2CC(C(=O)N(C)CCCc3cc(-c4cccc(F)c4)n[nH]3)CC2=O)cc1OC. The highest BCUT2D eigenvalue weighted by atomic mass is 19.1. The second-order valence-electron chi connectivity index (χ2n) is 8.60. The molecule has 1 atom stereocenters. The van der Waals surface area contributed by atoms with Crippen LogP contribution in [0.2, 0.25) is 0 Å². The standard InChI is InChI=1S/C26H29FN4O4/c1-30(11-5-8-20-14-22(29-28-20)17-6-4-7-19(27)12-17)26(33)18-13-25(32)31(16-18)21-9-10-23(34-2)24(15-21)35-3/h4,6-7,9-10,12,14-15,18H,5,8,11,13,16H2,1-3H3,(H,28,29). The lowest BCUT2D eigenvalue weighted by molar-refractivity contribution is -0.134. The van der Waals surface area contributed by atoms with Gasteiger partial charge in [0.05, 0.1) is 25.8 Å². The third kappa shape index (κ3) is 5.45. The Hall–Kier alpha value is -3.88. The molecule has 0 saturated carbocycles. The molecule has 3 aromatic rings. The molecule has 2 amide bonds. The van der Waals surface area contributed by atoms with Gasteiger partial charge in [0.1, 0.15) is 5.82 Å². The van der Waals surface area contributed by atoms with Gasteiger partial charge in [0.2, 0.25) is 11.8 Å². The molecule has 1 aromatic heterocycles. The van der Waals surface area contributed by atoms with Crippen LogP contribution in [-0.2, 0) is 16.0 Å². The van der Waals surface area contributed by atoms with Gasteiger partial charge in [0.15, 0.2) is 11.5 Å². The summed E-state index contributed by atoms with van der Waals surface area (Å²) in [6.45, 7) is 0.878.